The Morgan fingerprint density at radius 3 is 2.92 bits per heavy atom. The van der Waals surface area contributed by atoms with Crippen LogP contribution in [0.4, 0.5) is 0 Å². The van der Waals surface area contributed by atoms with E-state index in [1.54, 1.807) is 0 Å². The number of amides is 1. The molecule has 0 aromatic heterocycles. The van der Waals surface area contributed by atoms with Crippen molar-refractivity contribution in [3.05, 3.63) is 23.8 Å². The molecule has 1 N–H and O–H groups in total. The van der Waals surface area contributed by atoms with Gasteiger partial charge in [-0.3, -0.25) is 4.79 Å². The van der Waals surface area contributed by atoms with E-state index >= 15 is 0 Å². The number of hydrogen-bond acceptors (Lipinski definition) is 1. The summed E-state index contributed by atoms with van der Waals surface area (Å²) in [5.41, 5.74) is 1.23. The molecular weight excluding hydrogens is 162 g/mol. The fourth-order valence-corrected chi connectivity index (χ4v) is 1.38. The van der Waals surface area contributed by atoms with E-state index in [0.717, 1.165) is 12.8 Å². The van der Waals surface area contributed by atoms with E-state index in [0.29, 0.717) is 6.42 Å². The number of nitrogens with one attached hydrogen (secondary N) is 1. The molecule has 0 aromatic rings. The van der Waals surface area contributed by atoms with Crippen LogP contribution in [0.5, 0.6) is 0 Å². The lowest BCUT2D eigenvalue weighted by molar-refractivity contribution is -0.121. The van der Waals surface area contributed by atoms with Crippen LogP contribution >= 0.6 is 0 Å². The molecule has 0 saturated carbocycles. The first-order valence-electron chi connectivity index (χ1n) is 4.90. The SMILES string of the molecule is CCC(=O)N[C@@H](C)C1=CCCC=C1. The molecule has 13 heavy (non-hydrogen) atoms. The zero-order chi connectivity index (χ0) is 9.68. The van der Waals surface area contributed by atoms with Crippen LogP contribution in [-0.2, 0) is 4.79 Å². The van der Waals surface area contributed by atoms with Crippen LogP contribution in [0, 0.1) is 0 Å². The summed E-state index contributed by atoms with van der Waals surface area (Å²) in [4.78, 5) is 11.1. The summed E-state index contributed by atoms with van der Waals surface area (Å²) in [5, 5.41) is 2.94. The van der Waals surface area contributed by atoms with E-state index in [-0.39, 0.29) is 11.9 Å². The number of carbonyl (C=O) groups is 1. The predicted molar refractivity (Wildman–Crippen MR) is 54.4 cm³/mol. The van der Waals surface area contributed by atoms with Gasteiger partial charge >= 0.3 is 0 Å². The second-order valence-corrected chi connectivity index (χ2v) is 3.33. The Morgan fingerprint density at radius 2 is 2.38 bits per heavy atom. The van der Waals surface area contributed by atoms with Crippen molar-refractivity contribution in [1.29, 1.82) is 0 Å². The maximum absolute atomic E-state index is 11.1. The Hall–Kier alpha value is -1.05. The normalized spacial score (nSPS) is 17.8. The Bertz CT molecular complexity index is 240. The summed E-state index contributed by atoms with van der Waals surface area (Å²) in [7, 11) is 0. The molecule has 2 nitrogen and oxygen atoms in total. The lowest BCUT2D eigenvalue weighted by atomic mass is 10.0. The van der Waals surface area contributed by atoms with Crippen molar-refractivity contribution >= 4 is 5.91 Å². The molecule has 1 rings (SSSR count). The quantitative estimate of drug-likeness (QED) is 0.707. The molecule has 1 aliphatic carbocycles. The second kappa shape index (κ2) is 4.85. The lowest BCUT2D eigenvalue weighted by Gasteiger charge is -2.16. The maximum atomic E-state index is 11.1. The Morgan fingerprint density at radius 1 is 1.62 bits per heavy atom. The number of allylic oxidation sites excluding steroid dienone is 2. The van der Waals surface area contributed by atoms with Gasteiger partial charge in [-0.2, -0.15) is 0 Å². The van der Waals surface area contributed by atoms with Crippen molar-refractivity contribution in [1.82, 2.24) is 5.32 Å². The molecule has 0 fully saturated rings. The van der Waals surface area contributed by atoms with E-state index in [9.17, 15) is 4.79 Å². The van der Waals surface area contributed by atoms with Crippen molar-refractivity contribution in [2.75, 3.05) is 0 Å². The lowest BCUT2D eigenvalue weighted by Crippen LogP contribution is -2.33. The number of hydrogen-bond donors (Lipinski definition) is 1. The molecule has 0 saturated heterocycles. The fourth-order valence-electron chi connectivity index (χ4n) is 1.38. The molecule has 72 valence electrons. The molecular formula is C11H17NO. The first kappa shape index (κ1) is 10.0. The Balaban J connectivity index is 2.47. The average Bonchev–Trinajstić information content (AvgIpc) is 2.19. The average molecular weight is 179 g/mol. The van der Waals surface area contributed by atoms with Gasteiger partial charge in [-0.15, -0.1) is 0 Å². The fraction of sp³-hybridized carbons (Fsp3) is 0.545. The molecule has 0 spiro atoms. The van der Waals surface area contributed by atoms with Crippen LogP contribution in [-0.4, -0.2) is 11.9 Å². The zero-order valence-electron chi connectivity index (χ0n) is 8.34. The van der Waals surface area contributed by atoms with Crippen molar-refractivity contribution in [3.63, 3.8) is 0 Å². The molecule has 2 heteroatoms. The minimum absolute atomic E-state index is 0.118. The summed E-state index contributed by atoms with van der Waals surface area (Å²) in [6, 6.07) is 0.156. The Labute approximate surface area is 79.7 Å². The molecule has 0 heterocycles. The van der Waals surface area contributed by atoms with Crippen molar-refractivity contribution < 1.29 is 4.79 Å². The highest BCUT2D eigenvalue weighted by Gasteiger charge is 2.09. The smallest absolute Gasteiger partial charge is 0.220 e. The van der Waals surface area contributed by atoms with Crippen LogP contribution in [0.25, 0.3) is 0 Å². The van der Waals surface area contributed by atoms with Gasteiger partial charge in [-0.25, -0.2) is 0 Å². The summed E-state index contributed by atoms with van der Waals surface area (Å²) in [6.45, 7) is 3.89. The van der Waals surface area contributed by atoms with Crippen LogP contribution < -0.4 is 5.32 Å². The highest BCUT2D eigenvalue weighted by atomic mass is 16.1. The molecule has 1 amide bonds. The van der Waals surface area contributed by atoms with E-state index in [1.165, 1.54) is 5.57 Å². The van der Waals surface area contributed by atoms with Crippen LogP contribution in [0.1, 0.15) is 33.1 Å². The molecule has 1 aliphatic rings. The van der Waals surface area contributed by atoms with Crippen LogP contribution in [0.2, 0.25) is 0 Å². The van der Waals surface area contributed by atoms with Crippen LogP contribution in [0.3, 0.4) is 0 Å². The molecule has 0 radical (unpaired) electrons. The highest BCUT2D eigenvalue weighted by molar-refractivity contribution is 5.76. The summed E-state index contributed by atoms with van der Waals surface area (Å²) >= 11 is 0. The van der Waals surface area contributed by atoms with Gasteiger partial charge in [0.25, 0.3) is 0 Å². The maximum Gasteiger partial charge on any atom is 0.220 e. The summed E-state index contributed by atoms with van der Waals surface area (Å²) < 4.78 is 0. The van der Waals surface area contributed by atoms with Gasteiger partial charge in [0, 0.05) is 6.42 Å². The van der Waals surface area contributed by atoms with Gasteiger partial charge in [0.05, 0.1) is 6.04 Å². The number of carbonyl (C=O) groups excluding carboxylic acids is 1. The minimum atomic E-state index is 0.118. The monoisotopic (exact) mass is 179 g/mol. The topological polar surface area (TPSA) is 29.1 Å². The van der Waals surface area contributed by atoms with Crippen LogP contribution in [0.15, 0.2) is 23.8 Å². The van der Waals surface area contributed by atoms with Gasteiger partial charge < -0.3 is 5.32 Å². The van der Waals surface area contributed by atoms with Crippen molar-refractivity contribution in [3.8, 4) is 0 Å². The van der Waals surface area contributed by atoms with Gasteiger partial charge in [-0.1, -0.05) is 25.2 Å². The third-order valence-electron chi connectivity index (χ3n) is 2.22. The third-order valence-corrected chi connectivity index (χ3v) is 2.22. The van der Waals surface area contributed by atoms with E-state index in [2.05, 4.69) is 23.5 Å². The van der Waals surface area contributed by atoms with E-state index in [1.807, 2.05) is 13.8 Å². The van der Waals surface area contributed by atoms with Gasteiger partial charge in [0.2, 0.25) is 5.91 Å². The van der Waals surface area contributed by atoms with Gasteiger partial charge in [0.15, 0.2) is 0 Å². The third kappa shape index (κ3) is 3.05. The highest BCUT2D eigenvalue weighted by Crippen LogP contribution is 2.12. The summed E-state index contributed by atoms with van der Waals surface area (Å²) in [6.07, 6.45) is 9.23. The van der Waals surface area contributed by atoms with Crippen molar-refractivity contribution in [2.45, 2.75) is 39.2 Å². The largest absolute Gasteiger partial charge is 0.350 e. The standard InChI is InChI=1S/C11H17NO/c1-3-11(13)12-9(2)10-7-5-4-6-8-10/h5,7-9H,3-4,6H2,1-2H3,(H,12,13)/t9-/m0/s1. The van der Waals surface area contributed by atoms with Gasteiger partial charge in [0.1, 0.15) is 0 Å². The first-order chi connectivity index (χ1) is 6.24. The Kier molecular flexibility index (Phi) is 3.74. The molecule has 0 bridgehead atoms. The molecule has 0 aromatic carbocycles. The summed E-state index contributed by atoms with van der Waals surface area (Å²) in [5.74, 6) is 0.118. The second-order valence-electron chi connectivity index (χ2n) is 3.33. The minimum Gasteiger partial charge on any atom is -0.350 e. The van der Waals surface area contributed by atoms with Crippen molar-refractivity contribution in [2.24, 2.45) is 0 Å². The number of rotatable bonds is 3. The molecule has 1 atom stereocenters. The zero-order valence-corrected chi connectivity index (χ0v) is 8.34. The predicted octanol–water partition coefficient (Wildman–Crippen LogP) is 2.18. The van der Waals surface area contributed by atoms with E-state index < -0.39 is 0 Å². The first-order valence-corrected chi connectivity index (χ1v) is 4.90. The molecule has 0 aliphatic heterocycles. The van der Waals surface area contributed by atoms with E-state index in [4.69, 9.17) is 0 Å². The molecule has 0 unspecified atom stereocenters. The van der Waals surface area contributed by atoms with Gasteiger partial charge in [-0.05, 0) is 25.3 Å².